The van der Waals surface area contributed by atoms with E-state index in [1.54, 1.807) is 0 Å². The summed E-state index contributed by atoms with van der Waals surface area (Å²) in [5.41, 5.74) is -0.00845. The second kappa shape index (κ2) is 7.44. The van der Waals surface area contributed by atoms with E-state index in [-0.39, 0.29) is 10.6 Å². The third-order valence-electron chi connectivity index (χ3n) is 2.23. The fourth-order valence-electron chi connectivity index (χ4n) is 1.27. The first kappa shape index (κ1) is 15.9. The maximum atomic E-state index is 13.4. The van der Waals surface area contributed by atoms with Gasteiger partial charge in [0.15, 0.2) is 6.61 Å². The van der Waals surface area contributed by atoms with E-state index in [1.165, 1.54) is 19.2 Å². The van der Waals surface area contributed by atoms with Crippen molar-refractivity contribution < 1.29 is 23.5 Å². The molecule has 0 spiro atoms. The van der Waals surface area contributed by atoms with Crippen LogP contribution in [0.5, 0.6) is 0 Å². The van der Waals surface area contributed by atoms with E-state index in [0.29, 0.717) is 0 Å². The fourth-order valence-corrected chi connectivity index (χ4v) is 1.50. The Bertz CT molecular complexity index is 516. The van der Waals surface area contributed by atoms with Crippen LogP contribution in [-0.4, -0.2) is 31.6 Å². The highest BCUT2D eigenvalue weighted by Crippen LogP contribution is 2.19. The molecule has 1 aromatic carbocycles. The summed E-state index contributed by atoms with van der Waals surface area (Å²) < 4.78 is 18.0. The first-order valence-corrected chi connectivity index (χ1v) is 5.92. The number of urea groups is 1. The van der Waals surface area contributed by atoms with Crippen LogP contribution in [0.4, 0.5) is 9.18 Å². The highest BCUT2D eigenvalue weighted by molar-refractivity contribution is 6.31. The largest absolute Gasteiger partial charge is 0.455 e. The zero-order chi connectivity index (χ0) is 15.1. The summed E-state index contributed by atoms with van der Waals surface area (Å²) >= 11 is 5.74. The number of halogens is 2. The first-order valence-electron chi connectivity index (χ1n) is 5.54. The third kappa shape index (κ3) is 4.85. The molecule has 8 heteroatoms. The molecule has 0 aliphatic carbocycles. The molecule has 0 radical (unpaired) electrons. The molecule has 2 N–H and O–H groups in total. The Morgan fingerprint density at radius 1 is 1.35 bits per heavy atom. The number of carbonyl (C=O) groups excluding carboxylic acids is 3. The van der Waals surface area contributed by atoms with Crippen molar-refractivity contribution in [3.05, 3.63) is 34.6 Å². The zero-order valence-electron chi connectivity index (χ0n) is 10.5. The molecule has 20 heavy (non-hydrogen) atoms. The molecule has 0 aliphatic heterocycles. The van der Waals surface area contributed by atoms with Crippen LogP contribution >= 0.6 is 11.6 Å². The van der Waals surface area contributed by atoms with Gasteiger partial charge in [-0.1, -0.05) is 17.7 Å². The minimum absolute atomic E-state index is 0.00845. The topological polar surface area (TPSA) is 84.5 Å². The normalized spacial score (nSPS) is 9.75. The summed E-state index contributed by atoms with van der Waals surface area (Å²) in [6.45, 7) is -0.641. The van der Waals surface area contributed by atoms with Gasteiger partial charge >= 0.3 is 12.0 Å². The lowest BCUT2D eigenvalue weighted by Crippen LogP contribution is -2.39. The summed E-state index contributed by atoms with van der Waals surface area (Å²) in [7, 11) is 1.33. The van der Waals surface area contributed by atoms with Gasteiger partial charge in [0.1, 0.15) is 5.82 Å². The maximum absolute atomic E-state index is 13.4. The van der Waals surface area contributed by atoms with Gasteiger partial charge in [0, 0.05) is 17.6 Å². The summed E-state index contributed by atoms with van der Waals surface area (Å²) in [5.74, 6) is -2.26. The molecule has 0 saturated carbocycles. The second-order valence-corrected chi connectivity index (χ2v) is 4.07. The van der Waals surface area contributed by atoms with Crippen LogP contribution in [0, 0.1) is 5.82 Å². The van der Waals surface area contributed by atoms with Crippen molar-refractivity contribution in [2.45, 2.75) is 6.42 Å². The van der Waals surface area contributed by atoms with Crippen molar-refractivity contribution in [3.63, 3.8) is 0 Å². The molecule has 0 heterocycles. The Morgan fingerprint density at radius 2 is 2.05 bits per heavy atom. The van der Waals surface area contributed by atoms with E-state index in [9.17, 15) is 18.8 Å². The third-order valence-corrected chi connectivity index (χ3v) is 2.58. The number of imide groups is 1. The van der Waals surface area contributed by atoms with Crippen molar-refractivity contribution in [2.75, 3.05) is 13.7 Å². The van der Waals surface area contributed by atoms with Crippen molar-refractivity contribution in [1.82, 2.24) is 10.6 Å². The van der Waals surface area contributed by atoms with E-state index >= 15 is 0 Å². The van der Waals surface area contributed by atoms with Gasteiger partial charge in [-0.05, 0) is 12.1 Å². The predicted octanol–water partition coefficient (Wildman–Crippen LogP) is 1.02. The van der Waals surface area contributed by atoms with E-state index in [1.807, 2.05) is 5.32 Å². The van der Waals surface area contributed by atoms with Gasteiger partial charge in [-0.25, -0.2) is 9.18 Å². The monoisotopic (exact) mass is 302 g/mol. The number of ether oxygens (including phenoxy) is 1. The van der Waals surface area contributed by atoms with E-state index in [2.05, 4.69) is 10.1 Å². The average Bonchev–Trinajstić information content (AvgIpc) is 2.40. The Balaban J connectivity index is 2.48. The SMILES string of the molecule is CNC(=O)NC(=O)COC(=O)Cc1c(F)cccc1Cl. The smallest absolute Gasteiger partial charge is 0.321 e. The molecule has 0 unspecified atom stereocenters. The van der Waals surface area contributed by atoms with E-state index in [0.717, 1.165) is 6.07 Å². The van der Waals surface area contributed by atoms with Crippen LogP contribution in [0.3, 0.4) is 0 Å². The zero-order valence-corrected chi connectivity index (χ0v) is 11.3. The number of rotatable bonds is 4. The van der Waals surface area contributed by atoms with Crippen LogP contribution in [0.1, 0.15) is 5.56 Å². The van der Waals surface area contributed by atoms with Crippen molar-refractivity contribution in [2.24, 2.45) is 0 Å². The molecule has 1 aromatic rings. The standard InChI is InChI=1S/C12H12ClFN2O4/c1-15-12(19)16-10(17)6-20-11(18)5-7-8(13)3-2-4-9(7)14/h2-4H,5-6H2,1H3,(H2,15,16,17,19). The van der Waals surface area contributed by atoms with Crippen molar-refractivity contribution >= 4 is 29.5 Å². The molecule has 0 aromatic heterocycles. The van der Waals surface area contributed by atoms with Gasteiger partial charge in [0.25, 0.3) is 5.91 Å². The second-order valence-electron chi connectivity index (χ2n) is 3.66. The quantitative estimate of drug-likeness (QED) is 0.813. The van der Waals surface area contributed by atoms with Crippen molar-refractivity contribution in [3.8, 4) is 0 Å². The number of amides is 3. The Hall–Kier alpha value is -2.15. The molecule has 0 fully saturated rings. The molecule has 0 aliphatic rings. The molecule has 0 atom stereocenters. The highest BCUT2D eigenvalue weighted by atomic mass is 35.5. The first-order chi connectivity index (χ1) is 9.43. The average molecular weight is 303 g/mol. The van der Waals surface area contributed by atoms with Gasteiger partial charge in [-0.2, -0.15) is 0 Å². The fraction of sp³-hybridized carbons (Fsp3) is 0.250. The number of nitrogens with one attached hydrogen (secondary N) is 2. The molecule has 1 rings (SSSR count). The molecule has 0 saturated heterocycles. The Labute approximate surface area is 119 Å². The van der Waals surface area contributed by atoms with Gasteiger partial charge in [0.05, 0.1) is 6.42 Å². The van der Waals surface area contributed by atoms with E-state index in [4.69, 9.17) is 11.6 Å². The van der Waals surface area contributed by atoms with E-state index < -0.39 is 36.8 Å². The lowest BCUT2D eigenvalue weighted by Gasteiger charge is -2.07. The lowest BCUT2D eigenvalue weighted by molar-refractivity contribution is -0.147. The van der Waals surface area contributed by atoms with Gasteiger partial charge < -0.3 is 10.1 Å². The van der Waals surface area contributed by atoms with Crippen LogP contribution in [0.25, 0.3) is 0 Å². The Kier molecular flexibility index (Phi) is 5.92. The number of benzene rings is 1. The maximum Gasteiger partial charge on any atom is 0.321 e. The summed E-state index contributed by atoms with van der Waals surface area (Å²) in [4.78, 5) is 33.4. The van der Waals surface area contributed by atoms with Crippen LogP contribution in [-0.2, 0) is 20.7 Å². The predicted molar refractivity (Wildman–Crippen MR) is 68.7 cm³/mol. The molecule has 108 valence electrons. The van der Waals surface area contributed by atoms with Crippen LogP contribution in [0.15, 0.2) is 18.2 Å². The molecule has 6 nitrogen and oxygen atoms in total. The summed E-state index contributed by atoms with van der Waals surface area (Å²) in [5, 5.41) is 4.16. The summed E-state index contributed by atoms with van der Waals surface area (Å²) in [6.07, 6.45) is -0.404. The summed E-state index contributed by atoms with van der Waals surface area (Å²) in [6, 6.07) is 3.28. The minimum Gasteiger partial charge on any atom is -0.455 e. The molecule has 3 amide bonds. The van der Waals surface area contributed by atoms with Gasteiger partial charge in [-0.3, -0.25) is 14.9 Å². The Morgan fingerprint density at radius 3 is 2.65 bits per heavy atom. The number of hydrogen-bond donors (Lipinski definition) is 2. The molecular weight excluding hydrogens is 291 g/mol. The number of esters is 1. The number of carbonyl (C=O) groups is 3. The molecule has 0 bridgehead atoms. The minimum atomic E-state index is -0.830. The highest BCUT2D eigenvalue weighted by Gasteiger charge is 2.14. The van der Waals surface area contributed by atoms with Crippen LogP contribution in [0.2, 0.25) is 5.02 Å². The lowest BCUT2D eigenvalue weighted by atomic mass is 10.1. The van der Waals surface area contributed by atoms with Crippen molar-refractivity contribution in [1.29, 1.82) is 0 Å². The van der Waals surface area contributed by atoms with Gasteiger partial charge in [-0.15, -0.1) is 0 Å². The van der Waals surface area contributed by atoms with Crippen LogP contribution < -0.4 is 10.6 Å². The van der Waals surface area contributed by atoms with Gasteiger partial charge in [0.2, 0.25) is 0 Å². The molecular formula is C12H12ClFN2O4. The number of hydrogen-bond acceptors (Lipinski definition) is 4.